The molecule has 0 aromatic heterocycles. The molecular weight excluding hydrogens is 129 g/mol. The van der Waals surface area contributed by atoms with Gasteiger partial charge in [0.15, 0.2) is 0 Å². The maximum atomic E-state index is 5.70. The summed E-state index contributed by atoms with van der Waals surface area (Å²) in [4.78, 5) is 0. The molecule has 56 valence electrons. The first-order valence-corrected chi connectivity index (χ1v) is 4.03. The van der Waals surface area contributed by atoms with Crippen molar-refractivity contribution in [1.82, 2.24) is 0 Å². The van der Waals surface area contributed by atoms with Crippen LogP contribution >= 0.6 is 9.24 Å². The van der Waals surface area contributed by atoms with Crippen LogP contribution in [0.4, 0.5) is 0 Å². The van der Waals surface area contributed by atoms with Crippen LogP contribution in [0.2, 0.25) is 0 Å². The standard InChI is InChI=1S/C7H18NP/c1-5(8)6(9)7(2,3)4/h5-6H,8-9H2,1-4H3. The van der Waals surface area contributed by atoms with Crippen molar-refractivity contribution in [2.24, 2.45) is 11.1 Å². The number of rotatable bonds is 1. The largest absolute Gasteiger partial charge is 0.327 e. The van der Waals surface area contributed by atoms with Crippen LogP contribution in [0.25, 0.3) is 0 Å². The van der Waals surface area contributed by atoms with Crippen LogP contribution in [0.5, 0.6) is 0 Å². The van der Waals surface area contributed by atoms with Gasteiger partial charge in [0.05, 0.1) is 0 Å². The average molecular weight is 147 g/mol. The van der Waals surface area contributed by atoms with Gasteiger partial charge in [-0.1, -0.05) is 20.8 Å². The average Bonchev–Trinajstić information content (AvgIpc) is 1.62. The van der Waals surface area contributed by atoms with Crippen LogP contribution in [0.15, 0.2) is 0 Å². The Hall–Kier alpha value is 0.390. The van der Waals surface area contributed by atoms with Crippen LogP contribution < -0.4 is 5.73 Å². The van der Waals surface area contributed by atoms with Gasteiger partial charge in [0.2, 0.25) is 0 Å². The third kappa shape index (κ3) is 3.17. The summed E-state index contributed by atoms with van der Waals surface area (Å²) in [5.74, 6) is 0. The number of hydrogen-bond acceptors (Lipinski definition) is 1. The molecule has 0 aliphatic heterocycles. The van der Waals surface area contributed by atoms with Crippen LogP contribution in [0.3, 0.4) is 0 Å². The molecule has 0 fully saturated rings. The van der Waals surface area contributed by atoms with Gasteiger partial charge in [-0.05, 0) is 18.0 Å². The van der Waals surface area contributed by atoms with Gasteiger partial charge in [-0.2, -0.15) is 0 Å². The number of hydrogen-bond donors (Lipinski definition) is 1. The predicted molar refractivity (Wildman–Crippen MR) is 46.6 cm³/mol. The summed E-state index contributed by atoms with van der Waals surface area (Å²) in [6.45, 7) is 8.65. The predicted octanol–water partition coefficient (Wildman–Crippen LogP) is 1.62. The van der Waals surface area contributed by atoms with Crippen molar-refractivity contribution in [3.8, 4) is 0 Å². The van der Waals surface area contributed by atoms with Crippen molar-refractivity contribution in [2.45, 2.75) is 39.4 Å². The molecule has 2 N–H and O–H groups in total. The van der Waals surface area contributed by atoms with E-state index in [0.29, 0.717) is 11.1 Å². The lowest BCUT2D eigenvalue weighted by Gasteiger charge is -2.29. The molecule has 0 amide bonds. The summed E-state index contributed by atoms with van der Waals surface area (Å²) in [6.07, 6.45) is 0. The molecule has 0 aromatic rings. The third-order valence-corrected chi connectivity index (χ3v) is 3.17. The summed E-state index contributed by atoms with van der Waals surface area (Å²) < 4.78 is 0. The fourth-order valence-electron chi connectivity index (χ4n) is 0.789. The lowest BCUT2D eigenvalue weighted by atomic mass is 9.88. The molecule has 0 aliphatic rings. The zero-order valence-corrected chi connectivity index (χ0v) is 7.96. The SMILES string of the molecule is CC(N)C(P)C(C)(C)C. The molecular formula is C7H18NP. The highest BCUT2D eigenvalue weighted by molar-refractivity contribution is 7.17. The molecule has 9 heavy (non-hydrogen) atoms. The highest BCUT2D eigenvalue weighted by Gasteiger charge is 2.22. The van der Waals surface area contributed by atoms with Crippen molar-refractivity contribution in [3.05, 3.63) is 0 Å². The van der Waals surface area contributed by atoms with Crippen LogP contribution in [0, 0.1) is 5.41 Å². The maximum absolute atomic E-state index is 5.70. The Labute approximate surface area is 60.6 Å². The molecule has 0 saturated carbocycles. The van der Waals surface area contributed by atoms with E-state index >= 15 is 0 Å². The zero-order chi connectivity index (χ0) is 7.65. The van der Waals surface area contributed by atoms with Gasteiger partial charge in [-0.15, -0.1) is 9.24 Å². The maximum Gasteiger partial charge on any atom is 0.00784 e. The molecule has 0 aliphatic carbocycles. The fraction of sp³-hybridized carbons (Fsp3) is 1.00. The van der Waals surface area contributed by atoms with Crippen molar-refractivity contribution >= 4 is 9.24 Å². The van der Waals surface area contributed by atoms with E-state index in [1.165, 1.54) is 0 Å². The smallest absolute Gasteiger partial charge is 0.00784 e. The van der Waals surface area contributed by atoms with E-state index in [2.05, 4.69) is 30.0 Å². The fourth-order valence-corrected chi connectivity index (χ4v) is 0.789. The van der Waals surface area contributed by atoms with E-state index in [1.54, 1.807) is 0 Å². The third-order valence-electron chi connectivity index (χ3n) is 1.57. The van der Waals surface area contributed by atoms with Crippen molar-refractivity contribution in [2.75, 3.05) is 0 Å². The Kier molecular flexibility index (Phi) is 3.11. The summed E-state index contributed by atoms with van der Waals surface area (Å²) >= 11 is 0. The molecule has 0 spiro atoms. The van der Waals surface area contributed by atoms with E-state index in [4.69, 9.17) is 5.73 Å². The van der Waals surface area contributed by atoms with Gasteiger partial charge in [0.1, 0.15) is 0 Å². The van der Waals surface area contributed by atoms with Gasteiger partial charge < -0.3 is 5.73 Å². The molecule has 3 atom stereocenters. The van der Waals surface area contributed by atoms with E-state index in [-0.39, 0.29) is 6.04 Å². The molecule has 0 aromatic carbocycles. The normalized spacial score (nSPS) is 19.3. The Morgan fingerprint density at radius 3 is 1.67 bits per heavy atom. The quantitative estimate of drug-likeness (QED) is 0.560. The van der Waals surface area contributed by atoms with Crippen LogP contribution in [0.1, 0.15) is 27.7 Å². The van der Waals surface area contributed by atoms with Crippen molar-refractivity contribution in [3.63, 3.8) is 0 Å². The van der Waals surface area contributed by atoms with Gasteiger partial charge in [0.25, 0.3) is 0 Å². The molecule has 0 heterocycles. The summed E-state index contributed by atoms with van der Waals surface area (Å²) in [5, 5.41) is 0. The minimum atomic E-state index is 0.273. The minimum Gasteiger partial charge on any atom is -0.327 e. The molecule has 0 rings (SSSR count). The Balaban J connectivity index is 3.88. The Morgan fingerprint density at radius 1 is 1.33 bits per heavy atom. The topological polar surface area (TPSA) is 26.0 Å². The second kappa shape index (κ2) is 2.98. The first-order valence-electron chi connectivity index (χ1n) is 3.37. The second-order valence-corrected chi connectivity index (χ2v) is 4.47. The van der Waals surface area contributed by atoms with E-state index in [0.717, 1.165) is 0 Å². The van der Waals surface area contributed by atoms with Crippen molar-refractivity contribution < 1.29 is 0 Å². The van der Waals surface area contributed by atoms with Gasteiger partial charge >= 0.3 is 0 Å². The van der Waals surface area contributed by atoms with Crippen molar-refractivity contribution in [1.29, 1.82) is 0 Å². The minimum absolute atomic E-state index is 0.273. The van der Waals surface area contributed by atoms with Gasteiger partial charge in [-0.3, -0.25) is 0 Å². The lowest BCUT2D eigenvalue weighted by molar-refractivity contribution is 0.363. The van der Waals surface area contributed by atoms with E-state index < -0.39 is 0 Å². The lowest BCUT2D eigenvalue weighted by Crippen LogP contribution is -2.36. The number of nitrogens with two attached hydrogens (primary N) is 1. The molecule has 1 nitrogen and oxygen atoms in total. The summed E-state index contributed by atoms with van der Waals surface area (Å²) in [5.41, 5.74) is 6.53. The van der Waals surface area contributed by atoms with Gasteiger partial charge in [0, 0.05) is 6.04 Å². The zero-order valence-electron chi connectivity index (χ0n) is 6.81. The first kappa shape index (κ1) is 9.39. The van der Waals surface area contributed by atoms with Crippen LogP contribution in [-0.4, -0.2) is 11.7 Å². The Morgan fingerprint density at radius 2 is 1.67 bits per heavy atom. The monoisotopic (exact) mass is 147 g/mol. The molecule has 0 bridgehead atoms. The molecule has 3 unspecified atom stereocenters. The highest BCUT2D eigenvalue weighted by Crippen LogP contribution is 2.27. The summed E-state index contributed by atoms with van der Waals surface area (Å²) in [7, 11) is 2.79. The van der Waals surface area contributed by atoms with E-state index in [1.807, 2.05) is 6.92 Å². The highest BCUT2D eigenvalue weighted by atomic mass is 31.0. The molecule has 0 saturated heterocycles. The van der Waals surface area contributed by atoms with Crippen LogP contribution in [-0.2, 0) is 0 Å². The van der Waals surface area contributed by atoms with E-state index in [9.17, 15) is 0 Å². The Bertz CT molecular complexity index is 83.4. The van der Waals surface area contributed by atoms with Gasteiger partial charge in [-0.25, -0.2) is 0 Å². The molecule has 0 radical (unpaired) electrons. The molecule has 2 heteroatoms. The second-order valence-electron chi connectivity index (χ2n) is 3.75. The first-order chi connectivity index (χ1) is 3.85. The summed E-state index contributed by atoms with van der Waals surface area (Å²) in [6, 6.07) is 0.273.